The van der Waals surface area contributed by atoms with Gasteiger partial charge >= 0.3 is 0 Å². The molecule has 0 spiro atoms. The van der Waals surface area contributed by atoms with E-state index < -0.39 is 0 Å². The Labute approximate surface area is 127 Å². The molecule has 0 heterocycles. The van der Waals surface area contributed by atoms with Crippen LogP contribution in [-0.2, 0) is 6.42 Å². The zero-order chi connectivity index (χ0) is 13.8. The summed E-state index contributed by atoms with van der Waals surface area (Å²) in [6.45, 7) is 0. The Hall–Kier alpha value is -1.20. The normalized spacial score (nSPS) is 11.9. The van der Waals surface area contributed by atoms with Gasteiger partial charge in [-0.25, -0.2) is 0 Å². The zero-order valence-electron chi connectivity index (χ0n) is 9.91. The van der Waals surface area contributed by atoms with Crippen LogP contribution in [0.4, 0.5) is 0 Å². The number of halogens is 3. The molecule has 1 nitrogen and oxygen atoms in total. The van der Waals surface area contributed by atoms with Crippen LogP contribution >= 0.6 is 34.8 Å². The van der Waals surface area contributed by atoms with Gasteiger partial charge in [0.05, 0.1) is 12.0 Å². The standard InChI is InChI=1S/C15H10Cl3N/c16-12-6-4-10(5-7-12)8-11(9-19)15-13(17)2-1-3-14(15)18/h1-7,11H,8H2/t11-/m0/s1. The minimum Gasteiger partial charge on any atom is -0.198 e. The van der Waals surface area contributed by atoms with Gasteiger partial charge in [-0.2, -0.15) is 5.26 Å². The lowest BCUT2D eigenvalue weighted by atomic mass is 9.93. The molecule has 1 atom stereocenters. The molecule has 0 radical (unpaired) electrons. The fourth-order valence-corrected chi connectivity index (χ4v) is 2.70. The summed E-state index contributed by atoms with van der Waals surface area (Å²) in [5, 5.41) is 11.1. The molecule has 0 fully saturated rings. The Morgan fingerprint density at radius 2 is 1.53 bits per heavy atom. The maximum atomic E-state index is 9.35. The van der Waals surface area contributed by atoms with Crippen molar-refractivity contribution in [2.75, 3.05) is 0 Å². The molecule has 0 aliphatic carbocycles. The van der Waals surface area contributed by atoms with Crippen molar-refractivity contribution < 1.29 is 0 Å². The van der Waals surface area contributed by atoms with Gasteiger partial charge in [0.15, 0.2) is 0 Å². The highest BCUT2D eigenvalue weighted by atomic mass is 35.5. The average molecular weight is 311 g/mol. The first kappa shape index (κ1) is 14.2. The fraction of sp³-hybridized carbons (Fsp3) is 0.133. The van der Waals surface area contributed by atoms with Gasteiger partial charge in [-0.05, 0) is 36.2 Å². The molecule has 2 rings (SSSR count). The molecule has 2 aromatic carbocycles. The molecular weight excluding hydrogens is 301 g/mol. The SMILES string of the molecule is N#C[C@H](Cc1ccc(Cl)cc1)c1c(Cl)cccc1Cl. The summed E-state index contributed by atoms with van der Waals surface area (Å²) in [5.41, 5.74) is 1.70. The monoisotopic (exact) mass is 309 g/mol. The third-order valence-corrected chi connectivity index (χ3v) is 3.77. The molecule has 0 aromatic heterocycles. The van der Waals surface area contributed by atoms with Gasteiger partial charge in [-0.3, -0.25) is 0 Å². The molecule has 0 saturated heterocycles. The molecule has 0 aliphatic rings. The first-order valence-electron chi connectivity index (χ1n) is 5.70. The molecule has 4 heteroatoms. The average Bonchev–Trinajstić information content (AvgIpc) is 2.39. The molecule has 0 amide bonds. The summed E-state index contributed by atoms with van der Waals surface area (Å²) in [7, 11) is 0. The Kier molecular flexibility index (Phi) is 4.71. The van der Waals surface area contributed by atoms with Gasteiger partial charge in [0.2, 0.25) is 0 Å². The van der Waals surface area contributed by atoms with E-state index in [1.165, 1.54) is 0 Å². The molecule has 0 saturated carbocycles. The van der Waals surface area contributed by atoms with Gasteiger partial charge in [-0.15, -0.1) is 0 Å². The third-order valence-electron chi connectivity index (χ3n) is 2.86. The predicted molar refractivity (Wildman–Crippen MR) is 80.0 cm³/mol. The Bertz CT molecular complexity index is 594. The highest BCUT2D eigenvalue weighted by Crippen LogP contribution is 2.33. The molecule has 0 aliphatic heterocycles. The van der Waals surface area contributed by atoms with Crippen molar-refractivity contribution in [3.05, 3.63) is 68.7 Å². The van der Waals surface area contributed by atoms with Crippen LogP contribution in [0.5, 0.6) is 0 Å². The van der Waals surface area contributed by atoms with E-state index in [0.29, 0.717) is 27.1 Å². The molecule has 0 unspecified atom stereocenters. The lowest BCUT2D eigenvalue weighted by molar-refractivity contribution is 0.849. The summed E-state index contributed by atoms with van der Waals surface area (Å²) in [6, 6.07) is 14.9. The van der Waals surface area contributed by atoms with Crippen molar-refractivity contribution >= 4 is 34.8 Å². The number of nitriles is 1. The van der Waals surface area contributed by atoms with E-state index in [-0.39, 0.29) is 5.92 Å². The predicted octanol–water partition coefficient (Wildman–Crippen LogP) is 5.50. The molecule has 2 aromatic rings. The number of rotatable bonds is 3. The van der Waals surface area contributed by atoms with Crippen LogP contribution in [-0.4, -0.2) is 0 Å². The maximum Gasteiger partial charge on any atom is 0.0782 e. The molecular formula is C15H10Cl3N. The topological polar surface area (TPSA) is 23.8 Å². The van der Waals surface area contributed by atoms with Crippen LogP contribution in [0.2, 0.25) is 15.1 Å². The van der Waals surface area contributed by atoms with E-state index in [9.17, 15) is 5.26 Å². The van der Waals surface area contributed by atoms with Crippen molar-refractivity contribution in [1.29, 1.82) is 5.26 Å². The van der Waals surface area contributed by atoms with Crippen LogP contribution in [0.25, 0.3) is 0 Å². The van der Waals surface area contributed by atoms with E-state index >= 15 is 0 Å². The first-order valence-corrected chi connectivity index (χ1v) is 6.83. The van der Waals surface area contributed by atoms with Crippen molar-refractivity contribution in [3.8, 4) is 6.07 Å². The van der Waals surface area contributed by atoms with Gasteiger partial charge in [0.1, 0.15) is 0 Å². The zero-order valence-corrected chi connectivity index (χ0v) is 12.2. The second-order valence-corrected chi connectivity index (χ2v) is 5.40. The summed E-state index contributed by atoms with van der Waals surface area (Å²) in [5.74, 6) is -0.373. The summed E-state index contributed by atoms with van der Waals surface area (Å²) >= 11 is 18.1. The minimum absolute atomic E-state index is 0.373. The highest BCUT2D eigenvalue weighted by Gasteiger charge is 2.18. The largest absolute Gasteiger partial charge is 0.198 e. The van der Waals surface area contributed by atoms with Crippen molar-refractivity contribution in [2.45, 2.75) is 12.3 Å². The van der Waals surface area contributed by atoms with Crippen molar-refractivity contribution in [1.82, 2.24) is 0 Å². The highest BCUT2D eigenvalue weighted by molar-refractivity contribution is 6.36. The number of hydrogen-bond acceptors (Lipinski definition) is 1. The van der Waals surface area contributed by atoms with E-state index in [2.05, 4.69) is 6.07 Å². The van der Waals surface area contributed by atoms with Gasteiger partial charge in [0.25, 0.3) is 0 Å². The number of nitrogens with zero attached hydrogens (tertiary/aromatic N) is 1. The maximum absolute atomic E-state index is 9.35. The van der Waals surface area contributed by atoms with Crippen LogP contribution in [0.15, 0.2) is 42.5 Å². The van der Waals surface area contributed by atoms with Crippen LogP contribution < -0.4 is 0 Å². The lowest BCUT2D eigenvalue weighted by Gasteiger charge is -2.13. The van der Waals surface area contributed by atoms with Crippen molar-refractivity contribution in [2.24, 2.45) is 0 Å². The summed E-state index contributed by atoms with van der Waals surface area (Å²) < 4.78 is 0. The Morgan fingerprint density at radius 3 is 2.05 bits per heavy atom. The second-order valence-electron chi connectivity index (χ2n) is 4.15. The fourth-order valence-electron chi connectivity index (χ4n) is 1.91. The van der Waals surface area contributed by atoms with Crippen molar-refractivity contribution in [3.63, 3.8) is 0 Å². The molecule has 19 heavy (non-hydrogen) atoms. The quantitative estimate of drug-likeness (QED) is 0.734. The summed E-state index contributed by atoms with van der Waals surface area (Å²) in [4.78, 5) is 0. The van der Waals surface area contributed by atoms with E-state index in [4.69, 9.17) is 34.8 Å². The number of benzene rings is 2. The lowest BCUT2D eigenvalue weighted by Crippen LogP contribution is -2.02. The Balaban J connectivity index is 2.31. The third kappa shape index (κ3) is 3.42. The molecule has 0 N–H and O–H groups in total. The molecule has 0 bridgehead atoms. The Morgan fingerprint density at radius 1 is 0.947 bits per heavy atom. The minimum atomic E-state index is -0.373. The van der Waals surface area contributed by atoms with E-state index in [0.717, 1.165) is 5.56 Å². The second kappa shape index (κ2) is 6.30. The summed E-state index contributed by atoms with van der Waals surface area (Å²) in [6.07, 6.45) is 0.553. The van der Waals surface area contributed by atoms with E-state index in [1.807, 2.05) is 12.1 Å². The van der Waals surface area contributed by atoms with E-state index in [1.54, 1.807) is 30.3 Å². The smallest absolute Gasteiger partial charge is 0.0782 e. The number of hydrogen-bond donors (Lipinski definition) is 0. The molecule has 96 valence electrons. The van der Waals surface area contributed by atoms with Gasteiger partial charge < -0.3 is 0 Å². The van der Waals surface area contributed by atoms with Crippen LogP contribution in [0.1, 0.15) is 17.0 Å². The van der Waals surface area contributed by atoms with Gasteiger partial charge in [-0.1, -0.05) is 53.0 Å². The van der Waals surface area contributed by atoms with Gasteiger partial charge in [0, 0.05) is 20.6 Å². The van der Waals surface area contributed by atoms with Crippen LogP contribution in [0, 0.1) is 11.3 Å². The first-order chi connectivity index (χ1) is 9.11. The van der Waals surface area contributed by atoms with Crippen LogP contribution in [0.3, 0.4) is 0 Å².